The number of hydrogen-bond donors (Lipinski definition) is 2. The normalized spacial score (nSPS) is 18.1. The highest BCUT2D eigenvalue weighted by Gasteiger charge is 2.40. The summed E-state index contributed by atoms with van der Waals surface area (Å²) in [5.41, 5.74) is 12.9. The molecule has 43 heavy (non-hydrogen) atoms. The summed E-state index contributed by atoms with van der Waals surface area (Å²) in [6.07, 6.45) is 46.2. The Morgan fingerprint density at radius 3 is 0.721 bits per heavy atom. The number of hydrogen-bond acceptors (Lipinski definition) is 2. The van der Waals surface area contributed by atoms with Crippen molar-refractivity contribution in [1.82, 2.24) is 0 Å². The van der Waals surface area contributed by atoms with Gasteiger partial charge in [-0.25, -0.2) is 0 Å². The van der Waals surface area contributed by atoms with Crippen LogP contribution in [0.5, 0.6) is 0 Å². The summed E-state index contributed by atoms with van der Waals surface area (Å²) in [6.45, 7) is 9.50. The molecule has 0 aromatic carbocycles. The Bertz CT molecular complexity index is 502. The zero-order valence-corrected chi connectivity index (χ0v) is 30.2. The second-order valence-electron chi connectivity index (χ2n) is 15.1. The molecule has 1 aliphatic rings. The fourth-order valence-electron chi connectivity index (χ4n) is 7.71. The molecule has 0 unspecified atom stereocenters. The van der Waals surface area contributed by atoms with E-state index >= 15 is 0 Å². The molecular weight excluding hydrogens is 522 g/mol. The quantitative estimate of drug-likeness (QED) is 0.0565. The van der Waals surface area contributed by atoms with Crippen molar-refractivity contribution in [3.63, 3.8) is 0 Å². The van der Waals surface area contributed by atoms with Gasteiger partial charge < -0.3 is 16.0 Å². The van der Waals surface area contributed by atoms with Crippen LogP contribution in [-0.4, -0.2) is 42.7 Å². The molecule has 3 nitrogen and oxygen atoms in total. The summed E-state index contributed by atoms with van der Waals surface area (Å²) in [6, 6.07) is 0.421. The predicted octanol–water partition coefficient (Wildman–Crippen LogP) is 12.0. The van der Waals surface area contributed by atoms with E-state index in [0.29, 0.717) is 0 Å². The first-order valence-corrected chi connectivity index (χ1v) is 20.5. The summed E-state index contributed by atoms with van der Waals surface area (Å²) in [4.78, 5) is 0. The Labute approximate surface area is 273 Å². The molecule has 2 atom stereocenters. The van der Waals surface area contributed by atoms with Gasteiger partial charge in [-0.3, -0.25) is 0 Å². The van der Waals surface area contributed by atoms with Crippen molar-refractivity contribution in [2.45, 2.75) is 231 Å². The monoisotopic (exact) mass is 607 g/mol. The van der Waals surface area contributed by atoms with E-state index in [0.717, 1.165) is 13.1 Å². The summed E-state index contributed by atoms with van der Waals surface area (Å²) in [7, 11) is 0. The maximum absolute atomic E-state index is 6.44. The first kappa shape index (κ1) is 40.9. The Kier molecular flexibility index (Phi) is 29.0. The lowest BCUT2D eigenvalue weighted by Crippen LogP contribution is -2.49. The summed E-state index contributed by atoms with van der Waals surface area (Å²) < 4.78 is 1.22. The van der Waals surface area contributed by atoms with Gasteiger partial charge in [-0.05, 0) is 25.7 Å². The van der Waals surface area contributed by atoms with Gasteiger partial charge in [0.2, 0.25) is 0 Å². The third kappa shape index (κ3) is 24.7. The molecule has 1 aliphatic heterocycles. The lowest BCUT2D eigenvalue weighted by atomic mass is 10.0. The second-order valence-corrected chi connectivity index (χ2v) is 15.1. The van der Waals surface area contributed by atoms with Crippen LogP contribution in [0.3, 0.4) is 0 Å². The zero-order valence-electron chi connectivity index (χ0n) is 30.2. The summed E-state index contributed by atoms with van der Waals surface area (Å²) in [5, 5.41) is 0. The molecule has 0 amide bonds. The number of nitrogens with two attached hydrogens (primary N) is 2. The standard InChI is InChI=1S/C40H84N3/c1-3-5-7-9-11-13-15-17-19-21-23-25-27-29-31-33-35-43(37-39(41)40(42)38-43)36-34-32-30-28-26-24-22-20-18-16-14-12-10-8-6-4-2/h39-40H,3-38,41-42H2,1-2H3/q+1/t39-,40-/m0/s1. The molecule has 1 heterocycles. The van der Waals surface area contributed by atoms with E-state index in [1.165, 1.54) is 223 Å². The second kappa shape index (κ2) is 30.5. The predicted molar refractivity (Wildman–Crippen MR) is 195 cm³/mol. The van der Waals surface area contributed by atoms with Crippen LogP contribution in [0.1, 0.15) is 219 Å². The molecule has 1 rings (SSSR count). The van der Waals surface area contributed by atoms with Gasteiger partial charge in [0, 0.05) is 0 Å². The Morgan fingerprint density at radius 2 is 0.512 bits per heavy atom. The highest BCUT2D eigenvalue weighted by atomic mass is 15.4. The van der Waals surface area contributed by atoms with Gasteiger partial charge in [-0.1, -0.05) is 194 Å². The molecule has 0 aliphatic carbocycles. The average Bonchev–Trinajstić information content (AvgIpc) is 3.29. The van der Waals surface area contributed by atoms with Crippen LogP contribution in [-0.2, 0) is 0 Å². The minimum absolute atomic E-state index is 0.210. The van der Waals surface area contributed by atoms with E-state index in [2.05, 4.69) is 13.8 Å². The molecule has 0 aromatic heterocycles. The molecule has 0 radical (unpaired) electrons. The molecule has 4 N–H and O–H groups in total. The van der Waals surface area contributed by atoms with Crippen molar-refractivity contribution < 1.29 is 4.48 Å². The first-order chi connectivity index (χ1) is 21.1. The van der Waals surface area contributed by atoms with Crippen LogP contribution in [0, 0.1) is 0 Å². The van der Waals surface area contributed by atoms with Crippen molar-refractivity contribution >= 4 is 0 Å². The minimum atomic E-state index is 0.210. The van der Waals surface area contributed by atoms with Gasteiger partial charge in [0.15, 0.2) is 0 Å². The van der Waals surface area contributed by atoms with Gasteiger partial charge >= 0.3 is 0 Å². The lowest BCUT2D eigenvalue weighted by molar-refractivity contribution is -0.917. The van der Waals surface area contributed by atoms with Crippen LogP contribution < -0.4 is 11.5 Å². The SMILES string of the molecule is CCCCCCCCCCCCCCCCCC[N+]1(CCCCCCCCCCCCCCCCCC)C[C@H](N)[C@@H](N)C1. The number of likely N-dealkylation sites (tertiary alicyclic amines) is 1. The lowest BCUT2D eigenvalue weighted by Gasteiger charge is -2.35. The van der Waals surface area contributed by atoms with Gasteiger partial charge in [0.05, 0.1) is 38.3 Å². The molecule has 1 fully saturated rings. The van der Waals surface area contributed by atoms with Crippen molar-refractivity contribution in [3.05, 3.63) is 0 Å². The van der Waals surface area contributed by atoms with Crippen LogP contribution in [0.2, 0.25) is 0 Å². The molecule has 0 aromatic rings. The van der Waals surface area contributed by atoms with E-state index in [1.54, 1.807) is 0 Å². The van der Waals surface area contributed by atoms with Crippen molar-refractivity contribution in [3.8, 4) is 0 Å². The highest BCUT2D eigenvalue weighted by Crippen LogP contribution is 2.23. The summed E-state index contributed by atoms with van der Waals surface area (Å²) in [5.74, 6) is 0. The molecular formula is C40H84N3+. The van der Waals surface area contributed by atoms with Crippen LogP contribution in [0.15, 0.2) is 0 Å². The van der Waals surface area contributed by atoms with Crippen LogP contribution in [0.4, 0.5) is 0 Å². The summed E-state index contributed by atoms with van der Waals surface area (Å²) >= 11 is 0. The minimum Gasteiger partial charge on any atom is -0.322 e. The number of quaternary nitrogens is 1. The zero-order chi connectivity index (χ0) is 31.1. The van der Waals surface area contributed by atoms with Crippen molar-refractivity contribution in [2.24, 2.45) is 11.5 Å². The number of nitrogens with zero attached hydrogens (tertiary/aromatic N) is 1. The number of rotatable bonds is 34. The van der Waals surface area contributed by atoms with E-state index in [9.17, 15) is 0 Å². The van der Waals surface area contributed by atoms with E-state index in [4.69, 9.17) is 11.5 Å². The maximum atomic E-state index is 6.44. The number of unbranched alkanes of at least 4 members (excludes halogenated alkanes) is 30. The smallest absolute Gasteiger partial charge is 0.0958 e. The Balaban J connectivity index is 1.96. The molecule has 3 heteroatoms. The molecule has 0 saturated carbocycles. The topological polar surface area (TPSA) is 52.0 Å². The van der Waals surface area contributed by atoms with Crippen LogP contribution >= 0.6 is 0 Å². The average molecular weight is 607 g/mol. The fourth-order valence-corrected chi connectivity index (χ4v) is 7.71. The Hall–Kier alpha value is -0.120. The van der Waals surface area contributed by atoms with E-state index < -0.39 is 0 Å². The molecule has 258 valence electrons. The van der Waals surface area contributed by atoms with E-state index in [1.807, 2.05) is 0 Å². The third-order valence-corrected chi connectivity index (χ3v) is 10.7. The van der Waals surface area contributed by atoms with Gasteiger partial charge in [-0.15, -0.1) is 0 Å². The van der Waals surface area contributed by atoms with Gasteiger partial charge in [-0.2, -0.15) is 0 Å². The van der Waals surface area contributed by atoms with E-state index in [-0.39, 0.29) is 12.1 Å². The molecule has 0 spiro atoms. The molecule has 1 saturated heterocycles. The highest BCUT2D eigenvalue weighted by molar-refractivity contribution is 4.82. The van der Waals surface area contributed by atoms with Crippen LogP contribution in [0.25, 0.3) is 0 Å². The third-order valence-electron chi connectivity index (χ3n) is 10.7. The molecule has 0 bridgehead atoms. The fraction of sp³-hybridized carbons (Fsp3) is 1.00. The van der Waals surface area contributed by atoms with Gasteiger partial charge in [0.25, 0.3) is 0 Å². The first-order valence-electron chi connectivity index (χ1n) is 20.5. The van der Waals surface area contributed by atoms with Crippen molar-refractivity contribution in [1.29, 1.82) is 0 Å². The van der Waals surface area contributed by atoms with Crippen molar-refractivity contribution in [2.75, 3.05) is 26.2 Å². The maximum Gasteiger partial charge on any atom is 0.0958 e. The Morgan fingerprint density at radius 1 is 0.326 bits per heavy atom. The van der Waals surface area contributed by atoms with Gasteiger partial charge in [0.1, 0.15) is 0 Å². The largest absolute Gasteiger partial charge is 0.322 e.